The number of carbonyl (C=O) groups is 4. The summed E-state index contributed by atoms with van der Waals surface area (Å²) in [6, 6.07) is 14.1. The van der Waals surface area contributed by atoms with Crippen LogP contribution >= 0.6 is 0 Å². The Kier molecular flexibility index (Phi) is 11.1. The molecule has 2 aromatic carbocycles. The van der Waals surface area contributed by atoms with Crippen molar-refractivity contribution in [2.24, 2.45) is 7.05 Å². The van der Waals surface area contributed by atoms with Gasteiger partial charge in [-0.25, -0.2) is 14.4 Å². The maximum Gasteiger partial charge on any atom is 0.410 e. The van der Waals surface area contributed by atoms with Crippen LogP contribution in [0.3, 0.4) is 0 Å². The van der Waals surface area contributed by atoms with Crippen LogP contribution in [0.15, 0.2) is 53.3 Å². The fraction of sp³-hybridized carbons (Fsp3) is 0.514. The van der Waals surface area contributed by atoms with Gasteiger partial charge in [-0.2, -0.15) is 0 Å². The van der Waals surface area contributed by atoms with Gasteiger partial charge >= 0.3 is 17.9 Å². The normalized spacial score (nSPS) is 18.6. The Hall–Kier alpha value is -4.69. The molecule has 5 rings (SSSR count). The molecule has 0 radical (unpaired) electrons. The van der Waals surface area contributed by atoms with Gasteiger partial charge in [0.15, 0.2) is 0 Å². The minimum absolute atomic E-state index is 0.120. The number of benzene rings is 2. The summed E-state index contributed by atoms with van der Waals surface area (Å²) in [5.41, 5.74) is 1.86. The molecule has 2 fully saturated rings. The van der Waals surface area contributed by atoms with Crippen LogP contribution in [0.2, 0.25) is 0 Å². The predicted octanol–water partition coefficient (Wildman–Crippen LogP) is 3.02. The molecule has 0 aliphatic carbocycles. The number of nitrogens with zero attached hydrogens (tertiary/aromatic N) is 5. The summed E-state index contributed by atoms with van der Waals surface area (Å²) >= 11 is 0. The van der Waals surface area contributed by atoms with Gasteiger partial charge in [-0.15, -0.1) is 0 Å². The highest BCUT2D eigenvalue weighted by Crippen LogP contribution is 2.24. The van der Waals surface area contributed by atoms with Gasteiger partial charge in [-0.1, -0.05) is 36.4 Å². The first-order valence-electron chi connectivity index (χ1n) is 16.6. The van der Waals surface area contributed by atoms with Crippen molar-refractivity contribution in [3.63, 3.8) is 0 Å². The molecule has 3 aromatic rings. The summed E-state index contributed by atoms with van der Waals surface area (Å²) in [5.74, 6) is -0.846. The average Bonchev–Trinajstić information content (AvgIpc) is 3.30. The van der Waals surface area contributed by atoms with Gasteiger partial charge in [0.2, 0.25) is 11.8 Å². The summed E-state index contributed by atoms with van der Waals surface area (Å²) < 4.78 is 20.1. The standard InChI is InChI=1S/C35H46N6O8/c1-35(2,3)49-33(45)37(4)21-26-22-39(17-18-47-26)15-16-40(34(46)48-23-24-9-7-6-8-10-24)20-25-11-12-27-29(19-25)38(5)32(44)41(27)28-13-14-30(42)36-31(28)43/h6-12,19,26,28H,13-18,20-23H2,1-5H3,(H,36,42,43)/t26-,28?/m1/s1. The van der Waals surface area contributed by atoms with Crippen LogP contribution in [-0.4, -0.2) is 106 Å². The Morgan fingerprint density at radius 3 is 2.49 bits per heavy atom. The van der Waals surface area contributed by atoms with E-state index in [4.69, 9.17) is 14.2 Å². The second-order valence-corrected chi connectivity index (χ2v) is 13.6. The molecule has 2 aliphatic heterocycles. The zero-order valence-electron chi connectivity index (χ0n) is 28.8. The van der Waals surface area contributed by atoms with Crippen molar-refractivity contribution in [3.8, 4) is 0 Å². The molecule has 0 saturated carbocycles. The van der Waals surface area contributed by atoms with Gasteiger partial charge in [0, 0.05) is 53.2 Å². The highest BCUT2D eigenvalue weighted by atomic mass is 16.6. The molecule has 1 N–H and O–H groups in total. The largest absolute Gasteiger partial charge is 0.445 e. The predicted molar refractivity (Wildman–Crippen MR) is 181 cm³/mol. The number of ether oxygens (including phenoxy) is 3. The lowest BCUT2D eigenvalue weighted by atomic mass is 10.1. The Morgan fingerprint density at radius 1 is 1.02 bits per heavy atom. The zero-order chi connectivity index (χ0) is 35.3. The molecule has 2 atom stereocenters. The molecule has 14 nitrogen and oxygen atoms in total. The third kappa shape index (κ3) is 9.06. The van der Waals surface area contributed by atoms with E-state index in [1.54, 1.807) is 25.1 Å². The van der Waals surface area contributed by atoms with E-state index in [9.17, 15) is 24.0 Å². The Balaban J connectivity index is 1.30. The third-order valence-corrected chi connectivity index (χ3v) is 8.60. The van der Waals surface area contributed by atoms with E-state index in [1.165, 1.54) is 14.0 Å². The Morgan fingerprint density at radius 2 is 1.78 bits per heavy atom. The molecule has 264 valence electrons. The molecule has 1 unspecified atom stereocenters. The zero-order valence-corrected chi connectivity index (χ0v) is 28.8. The first-order valence-corrected chi connectivity index (χ1v) is 16.6. The topological polar surface area (TPSA) is 145 Å². The second-order valence-electron chi connectivity index (χ2n) is 13.6. The van der Waals surface area contributed by atoms with Crippen molar-refractivity contribution in [1.82, 2.24) is 29.2 Å². The number of carbonyl (C=O) groups excluding carboxylic acids is 4. The van der Waals surface area contributed by atoms with Crippen molar-refractivity contribution >= 4 is 35.0 Å². The van der Waals surface area contributed by atoms with E-state index >= 15 is 0 Å². The maximum atomic E-state index is 13.5. The van der Waals surface area contributed by atoms with Crippen molar-refractivity contribution in [3.05, 3.63) is 70.1 Å². The van der Waals surface area contributed by atoms with E-state index in [-0.39, 0.29) is 43.7 Å². The average molecular weight is 679 g/mol. The summed E-state index contributed by atoms with van der Waals surface area (Å²) in [6.07, 6.45) is -0.717. The lowest BCUT2D eigenvalue weighted by molar-refractivity contribution is -0.135. The van der Waals surface area contributed by atoms with Crippen molar-refractivity contribution < 1.29 is 33.4 Å². The van der Waals surface area contributed by atoms with E-state index in [0.717, 1.165) is 11.1 Å². The van der Waals surface area contributed by atoms with Crippen molar-refractivity contribution in [1.29, 1.82) is 0 Å². The lowest BCUT2D eigenvalue weighted by Gasteiger charge is -2.36. The number of hydrogen-bond donors (Lipinski definition) is 1. The van der Waals surface area contributed by atoms with Gasteiger partial charge in [0.05, 0.1) is 30.3 Å². The quantitative estimate of drug-likeness (QED) is 0.320. The molecular weight excluding hydrogens is 632 g/mol. The van der Waals surface area contributed by atoms with E-state index < -0.39 is 29.7 Å². The van der Waals surface area contributed by atoms with Crippen LogP contribution < -0.4 is 11.0 Å². The fourth-order valence-electron chi connectivity index (χ4n) is 6.08. The summed E-state index contributed by atoms with van der Waals surface area (Å²) in [5, 5.41) is 2.33. The van der Waals surface area contributed by atoms with Crippen LogP contribution in [0, 0.1) is 0 Å². The minimum Gasteiger partial charge on any atom is -0.445 e. The molecule has 0 spiro atoms. The molecule has 49 heavy (non-hydrogen) atoms. The number of rotatable bonds is 10. The second kappa shape index (κ2) is 15.2. The highest BCUT2D eigenvalue weighted by Gasteiger charge is 2.32. The highest BCUT2D eigenvalue weighted by molar-refractivity contribution is 6.00. The number of piperidine rings is 1. The number of fused-ring (bicyclic) bond motifs is 1. The van der Waals surface area contributed by atoms with E-state index in [2.05, 4.69) is 10.2 Å². The molecule has 1 aromatic heterocycles. The number of likely N-dealkylation sites (N-methyl/N-ethyl adjacent to an activating group) is 1. The van der Waals surface area contributed by atoms with E-state index in [1.807, 2.05) is 63.2 Å². The number of aromatic nitrogens is 2. The van der Waals surface area contributed by atoms with Crippen molar-refractivity contribution in [2.45, 2.75) is 64.5 Å². The Labute approximate surface area is 285 Å². The molecule has 2 aliphatic rings. The van der Waals surface area contributed by atoms with Gasteiger partial charge in [0.1, 0.15) is 18.2 Å². The van der Waals surface area contributed by atoms with Crippen LogP contribution in [0.4, 0.5) is 9.59 Å². The van der Waals surface area contributed by atoms with Gasteiger partial charge in [-0.05, 0) is 50.5 Å². The monoisotopic (exact) mass is 678 g/mol. The number of imide groups is 1. The smallest absolute Gasteiger partial charge is 0.410 e. The van der Waals surface area contributed by atoms with Crippen LogP contribution in [0.1, 0.15) is 50.8 Å². The minimum atomic E-state index is -0.787. The van der Waals surface area contributed by atoms with Gasteiger partial charge < -0.3 is 24.0 Å². The first kappa shape index (κ1) is 35.6. The fourth-order valence-corrected chi connectivity index (χ4v) is 6.08. The SMILES string of the molecule is CN(C[C@@H]1CN(CCN(Cc2ccc3c(c2)n(C)c(=O)n3C2CCC(=O)NC2=O)C(=O)OCc2ccccc2)CCO1)C(=O)OC(C)(C)C. The maximum absolute atomic E-state index is 13.5. The number of hydrogen-bond acceptors (Lipinski definition) is 9. The summed E-state index contributed by atoms with van der Waals surface area (Å²) in [6.45, 7) is 8.81. The molecule has 4 amide bonds. The molecule has 2 saturated heterocycles. The van der Waals surface area contributed by atoms with Crippen molar-refractivity contribution in [2.75, 3.05) is 46.4 Å². The number of imidazole rings is 1. The summed E-state index contributed by atoms with van der Waals surface area (Å²) in [4.78, 5) is 69.0. The molecule has 3 heterocycles. The molecule has 0 bridgehead atoms. The number of nitrogens with one attached hydrogen (secondary N) is 1. The summed E-state index contributed by atoms with van der Waals surface area (Å²) in [7, 11) is 3.32. The lowest BCUT2D eigenvalue weighted by Crippen LogP contribution is -2.50. The van der Waals surface area contributed by atoms with Crippen LogP contribution in [0.5, 0.6) is 0 Å². The van der Waals surface area contributed by atoms with Crippen LogP contribution in [-0.2, 0) is 44.0 Å². The van der Waals surface area contributed by atoms with Crippen LogP contribution in [0.25, 0.3) is 11.0 Å². The number of aryl methyl sites for hydroxylation is 1. The van der Waals surface area contributed by atoms with E-state index in [0.29, 0.717) is 50.4 Å². The number of morpholine rings is 1. The molecule has 14 heteroatoms. The molecular formula is C35H46N6O8. The van der Waals surface area contributed by atoms with Gasteiger partial charge in [0.25, 0.3) is 0 Å². The van der Waals surface area contributed by atoms with Gasteiger partial charge in [-0.3, -0.25) is 28.9 Å². The third-order valence-electron chi connectivity index (χ3n) is 8.60. The Bertz CT molecular complexity index is 1730. The first-order chi connectivity index (χ1) is 23.3. The number of amides is 4.